The van der Waals surface area contributed by atoms with Gasteiger partial charge >= 0.3 is 5.97 Å². The van der Waals surface area contributed by atoms with E-state index in [-0.39, 0.29) is 36.5 Å². The largest absolute Gasteiger partial charge is 0.481 e. The molecule has 1 N–H and O–H groups in total. The van der Waals surface area contributed by atoms with Crippen molar-refractivity contribution in [2.75, 3.05) is 13.6 Å². The predicted molar refractivity (Wildman–Crippen MR) is 67.1 cm³/mol. The zero-order valence-electron chi connectivity index (χ0n) is 11.7. The van der Waals surface area contributed by atoms with Gasteiger partial charge in [-0.05, 0) is 19.8 Å². The van der Waals surface area contributed by atoms with Crippen LogP contribution in [0, 0.1) is 17.8 Å². The Kier molecular flexibility index (Phi) is 4.73. The number of hydrogen-bond acceptors (Lipinski definition) is 3. The van der Waals surface area contributed by atoms with Crippen molar-refractivity contribution in [2.45, 2.75) is 39.9 Å². The number of amides is 1. The standard InChI is InChI=1S/C13H23NO4/c1-7(13(16)17)6-14(5)12(15)11-8(2)9(3)18-10(11)4/h7-11H,6H2,1-5H3,(H,16,17). The third kappa shape index (κ3) is 3.02. The molecule has 104 valence electrons. The van der Waals surface area contributed by atoms with Crippen molar-refractivity contribution in [3.63, 3.8) is 0 Å². The Labute approximate surface area is 108 Å². The Balaban J connectivity index is 2.66. The summed E-state index contributed by atoms with van der Waals surface area (Å²) in [5.74, 6) is -1.47. The Morgan fingerprint density at radius 3 is 2.22 bits per heavy atom. The van der Waals surface area contributed by atoms with Gasteiger partial charge in [-0.15, -0.1) is 0 Å². The highest BCUT2D eigenvalue weighted by atomic mass is 16.5. The summed E-state index contributed by atoms with van der Waals surface area (Å²) in [4.78, 5) is 24.6. The van der Waals surface area contributed by atoms with E-state index in [4.69, 9.17) is 9.84 Å². The molecule has 0 aromatic heterocycles. The summed E-state index contributed by atoms with van der Waals surface area (Å²) in [7, 11) is 1.66. The van der Waals surface area contributed by atoms with E-state index in [1.807, 2.05) is 20.8 Å². The molecule has 0 saturated carbocycles. The van der Waals surface area contributed by atoms with E-state index in [0.29, 0.717) is 0 Å². The first kappa shape index (κ1) is 15.0. The van der Waals surface area contributed by atoms with Crippen LogP contribution in [0.5, 0.6) is 0 Å². The van der Waals surface area contributed by atoms with Crippen LogP contribution in [-0.2, 0) is 14.3 Å². The summed E-state index contributed by atoms with van der Waals surface area (Å²) in [6, 6.07) is 0. The number of carboxylic acid groups (broad SMARTS) is 1. The van der Waals surface area contributed by atoms with Gasteiger partial charge in [0.1, 0.15) is 0 Å². The number of hydrogen-bond donors (Lipinski definition) is 1. The maximum atomic E-state index is 12.3. The lowest BCUT2D eigenvalue weighted by Gasteiger charge is -2.26. The Morgan fingerprint density at radius 1 is 1.28 bits per heavy atom. The maximum Gasteiger partial charge on any atom is 0.308 e. The molecule has 5 nitrogen and oxygen atoms in total. The second-order valence-electron chi connectivity index (χ2n) is 5.39. The number of rotatable bonds is 4. The number of nitrogens with zero attached hydrogens (tertiary/aromatic N) is 1. The molecule has 18 heavy (non-hydrogen) atoms. The van der Waals surface area contributed by atoms with Gasteiger partial charge in [0.2, 0.25) is 5.91 Å². The highest BCUT2D eigenvalue weighted by molar-refractivity contribution is 5.80. The zero-order chi connectivity index (χ0) is 14.0. The van der Waals surface area contributed by atoms with Crippen LogP contribution in [0.2, 0.25) is 0 Å². The van der Waals surface area contributed by atoms with Crippen LogP contribution in [0.1, 0.15) is 27.7 Å². The highest BCUT2D eigenvalue weighted by Crippen LogP contribution is 2.33. The van der Waals surface area contributed by atoms with Gasteiger partial charge in [0.25, 0.3) is 0 Å². The minimum absolute atomic E-state index is 0.0209. The van der Waals surface area contributed by atoms with Crippen LogP contribution in [0.25, 0.3) is 0 Å². The van der Waals surface area contributed by atoms with E-state index in [2.05, 4.69) is 0 Å². The fourth-order valence-corrected chi connectivity index (χ4v) is 2.53. The third-order valence-electron chi connectivity index (χ3n) is 3.87. The first-order valence-corrected chi connectivity index (χ1v) is 6.39. The molecule has 1 saturated heterocycles. The molecule has 0 aliphatic carbocycles. The van der Waals surface area contributed by atoms with Gasteiger partial charge in [-0.25, -0.2) is 0 Å². The zero-order valence-corrected chi connectivity index (χ0v) is 11.7. The molecular weight excluding hydrogens is 234 g/mol. The first-order chi connectivity index (χ1) is 8.25. The normalized spacial score (nSPS) is 33.2. The predicted octanol–water partition coefficient (Wildman–Crippen LogP) is 1.22. The van der Waals surface area contributed by atoms with E-state index in [0.717, 1.165) is 0 Å². The van der Waals surface area contributed by atoms with Gasteiger partial charge in [0.15, 0.2) is 0 Å². The van der Waals surface area contributed by atoms with E-state index < -0.39 is 11.9 Å². The SMILES string of the molecule is CC(CN(C)C(=O)C1C(C)OC(C)C1C)C(=O)O. The quantitative estimate of drug-likeness (QED) is 0.822. The van der Waals surface area contributed by atoms with Gasteiger partial charge in [-0.3, -0.25) is 9.59 Å². The van der Waals surface area contributed by atoms with Gasteiger partial charge in [-0.2, -0.15) is 0 Å². The molecule has 0 spiro atoms. The van der Waals surface area contributed by atoms with Crippen molar-refractivity contribution >= 4 is 11.9 Å². The lowest BCUT2D eigenvalue weighted by Crippen LogP contribution is -2.41. The summed E-state index contributed by atoms with van der Waals surface area (Å²) in [5.41, 5.74) is 0. The number of carbonyl (C=O) groups excluding carboxylic acids is 1. The molecular formula is C13H23NO4. The molecule has 0 aromatic rings. The number of carbonyl (C=O) groups is 2. The second kappa shape index (κ2) is 5.69. The van der Waals surface area contributed by atoms with Crippen LogP contribution < -0.4 is 0 Å². The molecule has 0 bridgehead atoms. The van der Waals surface area contributed by atoms with Crippen LogP contribution in [0.3, 0.4) is 0 Å². The van der Waals surface area contributed by atoms with Crippen molar-refractivity contribution in [1.29, 1.82) is 0 Å². The van der Waals surface area contributed by atoms with E-state index >= 15 is 0 Å². The summed E-state index contributed by atoms with van der Waals surface area (Å²) in [6.07, 6.45) is -0.0377. The average molecular weight is 257 g/mol. The van der Waals surface area contributed by atoms with Crippen LogP contribution in [-0.4, -0.2) is 47.7 Å². The van der Waals surface area contributed by atoms with Crippen LogP contribution in [0.4, 0.5) is 0 Å². The van der Waals surface area contributed by atoms with Crippen molar-refractivity contribution < 1.29 is 19.4 Å². The molecule has 1 fully saturated rings. The van der Waals surface area contributed by atoms with Crippen molar-refractivity contribution in [3.05, 3.63) is 0 Å². The summed E-state index contributed by atoms with van der Waals surface area (Å²) < 4.78 is 5.65. The molecule has 1 aliphatic heterocycles. The average Bonchev–Trinajstić information content (AvgIpc) is 2.52. The van der Waals surface area contributed by atoms with Crippen LogP contribution >= 0.6 is 0 Å². The molecule has 0 aromatic carbocycles. The van der Waals surface area contributed by atoms with Crippen molar-refractivity contribution in [3.8, 4) is 0 Å². The Hall–Kier alpha value is -1.10. The Bertz CT molecular complexity index is 331. The molecule has 1 rings (SSSR count). The van der Waals surface area contributed by atoms with E-state index in [1.54, 1.807) is 14.0 Å². The van der Waals surface area contributed by atoms with Gasteiger partial charge in [0.05, 0.1) is 24.0 Å². The summed E-state index contributed by atoms with van der Waals surface area (Å²) >= 11 is 0. The highest BCUT2D eigenvalue weighted by Gasteiger charge is 2.42. The fourth-order valence-electron chi connectivity index (χ4n) is 2.53. The van der Waals surface area contributed by atoms with Gasteiger partial charge in [0, 0.05) is 13.6 Å². The fraction of sp³-hybridized carbons (Fsp3) is 0.846. The third-order valence-corrected chi connectivity index (χ3v) is 3.87. The van der Waals surface area contributed by atoms with E-state index in [9.17, 15) is 9.59 Å². The van der Waals surface area contributed by atoms with Gasteiger partial charge < -0.3 is 14.7 Å². The molecule has 1 aliphatic rings. The molecule has 5 heteroatoms. The maximum absolute atomic E-state index is 12.3. The minimum Gasteiger partial charge on any atom is -0.481 e. The monoisotopic (exact) mass is 257 g/mol. The number of carboxylic acids is 1. The molecule has 5 unspecified atom stereocenters. The van der Waals surface area contributed by atoms with Crippen molar-refractivity contribution in [1.82, 2.24) is 4.90 Å². The molecule has 1 amide bonds. The van der Waals surface area contributed by atoms with Gasteiger partial charge in [-0.1, -0.05) is 13.8 Å². The Morgan fingerprint density at radius 2 is 1.83 bits per heavy atom. The first-order valence-electron chi connectivity index (χ1n) is 6.39. The topological polar surface area (TPSA) is 66.8 Å². The van der Waals surface area contributed by atoms with Crippen LogP contribution in [0.15, 0.2) is 0 Å². The molecule has 5 atom stereocenters. The summed E-state index contributed by atoms with van der Waals surface area (Å²) in [6.45, 7) is 7.71. The summed E-state index contributed by atoms with van der Waals surface area (Å²) in [5, 5.41) is 8.86. The number of ether oxygens (including phenoxy) is 1. The minimum atomic E-state index is -0.883. The number of aliphatic carboxylic acids is 1. The second-order valence-corrected chi connectivity index (χ2v) is 5.39. The van der Waals surface area contributed by atoms with Crippen molar-refractivity contribution in [2.24, 2.45) is 17.8 Å². The molecule has 1 heterocycles. The lowest BCUT2D eigenvalue weighted by atomic mass is 9.88. The molecule has 0 radical (unpaired) electrons. The smallest absolute Gasteiger partial charge is 0.308 e. The van der Waals surface area contributed by atoms with E-state index in [1.165, 1.54) is 4.90 Å². The lowest BCUT2D eigenvalue weighted by molar-refractivity contribution is -0.143.